The minimum atomic E-state index is 0.642. The molecular formula is C31H19N5. The second-order valence-electron chi connectivity index (χ2n) is 8.74. The van der Waals surface area contributed by atoms with Gasteiger partial charge in [0.25, 0.3) is 0 Å². The third kappa shape index (κ3) is 3.02. The molecule has 0 unspecified atom stereocenters. The number of hydrogen-bond donors (Lipinski definition) is 0. The molecule has 3 heterocycles. The van der Waals surface area contributed by atoms with E-state index in [2.05, 4.69) is 73.7 Å². The van der Waals surface area contributed by atoms with Gasteiger partial charge < -0.3 is 4.57 Å². The highest BCUT2D eigenvalue weighted by Gasteiger charge is 2.17. The highest BCUT2D eigenvalue weighted by molar-refractivity contribution is 6.16. The molecular weight excluding hydrogens is 442 g/mol. The molecule has 7 rings (SSSR count). The average molecular weight is 462 g/mol. The maximum atomic E-state index is 9.64. The maximum absolute atomic E-state index is 9.64. The van der Waals surface area contributed by atoms with Crippen molar-refractivity contribution >= 4 is 32.8 Å². The van der Waals surface area contributed by atoms with Crippen LogP contribution < -0.4 is 0 Å². The Morgan fingerprint density at radius 3 is 2.39 bits per heavy atom. The van der Waals surface area contributed by atoms with E-state index in [1.54, 1.807) is 12.4 Å². The van der Waals surface area contributed by atoms with E-state index in [-0.39, 0.29) is 0 Å². The summed E-state index contributed by atoms with van der Waals surface area (Å²) in [6, 6.07) is 35.3. The van der Waals surface area contributed by atoms with Crippen molar-refractivity contribution < 1.29 is 0 Å². The Bertz CT molecular complexity index is 1940. The van der Waals surface area contributed by atoms with Crippen molar-refractivity contribution in [3.63, 3.8) is 0 Å². The van der Waals surface area contributed by atoms with Crippen LogP contribution in [0.4, 0.5) is 0 Å². The Morgan fingerprint density at radius 2 is 1.56 bits per heavy atom. The molecule has 5 heteroatoms. The second kappa shape index (κ2) is 7.93. The van der Waals surface area contributed by atoms with Crippen molar-refractivity contribution in [2.45, 2.75) is 0 Å². The molecule has 0 aliphatic rings. The van der Waals surface area contributed by atoms with Crippen molar-refractivity contribution in [1.82, 2.24) is 19.1 Å². The number of para-hydroxylation sites is 1. The number of pyridine rings is 1. The second-order valence-corrected chi connectivity index (χ2v) is 8.74. The minimum absolute atomic E-state index is 0.642. The van der Waals surface area contributed by atoms with Gasteiger partial charge in [-0.2, -0.15) is 5.26 Å². The highest BCUT2D eigenvalue weighted by Crippen LogP contribution is 2.39. The van der Waals surface area contributed by atoms with E-state index in [4.69, 9.17) is 0 Å². The quantitative estimate of drug-likeness (QED) is 0.283. The first kappa shape index (κ1) is 20.2. The van der Waals surface area contributed by atoms with Crippen molar-refractivity contribution in [1.29, 1.82) is 5.26 Å². The van der Waals surface area contributed by atoms with Gasteiger partial charge in [0, 0.05) is 34.5 Å². The zero-order valence-electron chi connectivity index (χ0n) is 19.2. The van der Waals surface area contributed by atoms with Gasteiger partial charge >= 0.3 is 0 Å². The van der Waals surface area contributed by atoms with Crippen LogP contribution >= 0.6 is 0 Å². The number of benzene rings is 4. The van der Waals surface area contributed by atoms with E-state index in [1.807, 2.05) is 54.9 Å². The summed E-state index contributed by atoms with van der Waals surface area (Å²) in [4.78, 5) is 8.83. The highest BCUT2D eigenvalue weighted by atomic mass is 15.0. The van der Waals surface area contributed by atoms with Crippen molar-refractivity contribution in [2.24, 2.45) is 0 Å². The van der Waals surface area contributed by atoms with Gasteiger partial charge in [0.2, 0.25) is 0 Å². The molecule has 4 aromatic carbocycles. The van der Waals surface area contributed by atoms with Gasteiger partial charge in [-0.15, -0.1) is 0 Å². The molecule has 0 spiro atoms. The Hall–Kier alpha value is -5.21. The average Bonchev–Trinajstić information content (AvgIpc) is 3.52. The van der Waals surface area contributed by atoms with E-state index >= 15 is 0 Å². The molecule has 36 heavy (non-hydrogen) atoms. The Morgan fingerprint density at radius 1 is 0.694 bits per heavy atom. The molecule has 0 aliphatic carbocycles. The Kier molecular flexibility index (Phi) is 4.45. The smallest absolute Gasteiger partial charge is 0.100 e. The lowest BCUT2D eigenvalue weighted by molar-refractivity contribution is 1.09. The number of nitrogens with zero attached hydrogens (tertiary/aromatic N) is 5. The molecule has 168 valence electrons. The number of aromatic nitrogens is 4. The normalized spacial score (nSPS) is 11.3. The van der Waals surface area contributed by atoms with Crippen LogP contribution in [0, 0.1) is 11.3 Å². The number of imidazole rings is 1. The van der Waals surface area contributed by atoms with Crippen molar-refractivity contribution in [3.05, 3.63) is 121 Å². The lowest BCUT2D eigenvalue weighted by atomic mass is 9.98. The summed E-state index contributed by atoms with van der Waals surface area (Å²) in [5, 5.41) is 11.8. The molecule has 0 atom stereocenters. The van der Waals surface area contributed by atoms with Gasteiger partial charge in [-0.3, -0.25) is 9.55 Å². The van der Waals surface area contributed by atoms with Crippen LogP contribution in [0.1, 0.15) is 5.56 Å². The first-order chi connectivity index (χ1) is 17.8. The van der Waals surface area contributed by atoms with Gasteiger partial charge in [-0.1, -0.05) is 36.4 Å². The number of nitriles is 1. The topological polar surface area (TPSA) is 59.4 Å². The summed E-state index contributed by atoms with van der Waals surface area (Å²) in [5.41, 5.74) is 9.09. The van der Waals surface area contributed by atoms with Crippen LogP contribution in [0.5, 0.6) is 0 Å². The Balaban J connectivity index is 1.54. The third-order valence-electron chi connectivity index (χ3n) is 6.73. The van der Waals surface area contributed by atoms with E-state index < -0.39 is 0 Å². The van der Waals surface area contributed by atoms with Crippen LogP contribution in [-0.4, -0.2) is 19.1 Å². The fraction of sp³-hybridized carbons (Fsp3) is 0. The van der Waals surface area contributed by atoms with E-state index in [0.29, 0.717) is 5.56 Å². The van der Waals surface area contributed by atoms with E-state index in [9.17, 15) is 5.26 Å². The zero-order valence-corrected chi connectivity index (χ0v) is 19.2. The number of rotatable bonds is 3. The molecule has 0 radical (unpaired) electrons. The zero-order chi connectivity index (χ0) is 24.1. The van der Waals surface area contributed by atoms with Crippen molar-refractivity contribution in [3.8, 4) is 28.6 Å². The third-order valence-corrected chi connectivity index (χ3v) is 6.73. The number of hydrogen-bond acceptors (Lipinski definition) is 3. The van der Waals surface area contributed by atoms with Gasteiger partial charge in [0.15, 0.2) is 0 Å². The monoisotopic (exact) mass is 461 g/mol. The van der Waals surface area contributed by atoms with Gasteiger partial charge in [-0.05, 0) is 71.8 Å². The number of fused-ring (bicyclic) bond motifs is 4. The van der Waals surface area contributed by atoms with Crippen LogP contribution in [0.2, 0.25) is 0 Å². The predicted molar refractivity (Wildman–Crippen MR) is 143 cm³/mol. The molecule has 0 fully saturated rings. The summed E-state index contributed by atoms with van der Waals surface area (Å²) in [6.45, 7) is 0. The lowest BCUT2D eigenvalue weighted by Gasteiger charge is -2.09. The molecule has 0 amide bonds. The lowest BCUT2D eigenvalue weighted by Crippen LogP contribution is -1.94. The van der Waals surface area contributed by atoms with Crippen LogP contribution in [0.15, 0.2) is 116 Å². The molecule has 0 saturated carbocycles. The Labute approximate surface area is 207 Å². The SMILES string of the molecule is N#Cc1ccc2c(c1)c1c(-c3ccc4ncn(-c5ccccc5)c4c3)cccc1n2-c1ccncc1. The molecule has 0 saturated heterocycles. The molecule has 0 N–H and O–H groups in total. The van der Waals surface area contributed by atoms with Gasteiger partial charge in [0.05, 0.1) is 33.7 Å². The molecule has 3 aromatic heterocycles. The predicted octanol–water partition coefficient (Wildman–Crippen LogP) is 7.06. The van der Waals surface area contributed by atoms with Crippen LogP contribution in [0.25, 0.3) is 55.3 Å². The van der Waals surface area contributed by atoms with Crippen LogP contribution in [0.3, 0.4) is 0 Å². The standard InChI is InChI=1S/C31H19N5/c32-19-21-9-12-28-26(17-21)31-25(7-4-8-29(31)36(28)24-13-15-33-16-14-24)22-10-11-27-30(18-22)35(20-34-27)23-5-2-1-3-6-23/h1-18,20H. The van der Waals surface area contributed by atoms with E-state index in [1.165, 1.54) is 0 Å². The summed E-state index contributed by atoms with van der Waals surface area (Å²) >= 11 is 0. The fourth-order valence-electron chi connectivity index (χ4n) is 5.12. The summed E-state index contributed by atoms with van der Waals surface area (Å²) < 4.78 is 4.36. The summed E-state index contributed by atoms with van der Waals surface area (Å²) in [5.74, 6) is 0. The summed E-state index contributed by atoms with van der Waals surface area (Å²) in [7, 11) is 0. The molecule has 0 aliphatic heterocycles. The minimum Gasteiger partial charge on any atom is -0.309 e. The summed E-state index contributed by atoms with van der Waals surface area (Å²) in [6.07, 6.45) is 5.48. The molecule has 5 nitrogen and oxygen atoms in total. The molecule has 0 bridgehead atoms. The largest absolute Gasteiger partial charge is 0.309 e. The van der Waals surface area contributed by atoms with Crippen molar-refractivity contribution in [2.75, 3.05) is 0 Å². The fourth-order valence-corrected chi connectivity index (χ4v) is 5.12. The molecule has 7 aromatic rings. The van der Waals surface area contributed by atoms with Gasteiger partial charge in [0.1, 0.15) is 6.33 Å². The maximum Gasteiger partial charge on any atom is 0.100 e. The van der Waals surface area contributed by atoms with Crippen LogP contribution in [-0.2, 0) is 0 Å². The first-order valence-corrected chi connectivity index (χ1v) is 11.7. The van der Waals surface area contributed by atoms with Gasteiger partial charge in [-0.25, -0.2) is 4.98 Å². The first-order valence-electron chi connectivity index (χ1n) is 11.7. The van der Waals surface area contributed by atoms with E-state index in [0.717, 1.165) is 55.3 Å².